The van der Waals surface area contributed by atoms with Gasteiger partial charge < -0.3 is 5.32 Å². The monoisotopic (exact) mass is 469 g/mol. The van der Waals surface area contributed by atoms with Gasteiger partial charge in [0.1, 0.15) is 0 Å². The van der Waals surface area contributed by atoms with Crippen LogP contribution < -0.4 is 10.9 Å². The average Bonchev–Trinajstić information content (AvgIpc) is 2.78. The topological polar surface area (TPSA) is 64.0 Å². The fraction of sp³-hybridized carbons (Fsp3) is 0.0870. The molecule has 0 bridgehead atoms. The first-order valence-electron chi connectivity index (χ1n) is 9.43. The number of amides is 1. The number of carbonyl (C=O) groups excluding carboxylic acids is 1. The summed E-state index contributed by atoms with van der Waals surface area (Å²) in [6.45, 7) is 0.432. The SMILES string of the molecule is O=C(CSc1nc2ccccc2c(=O)n1-c1ccc(Cl)cc1Cl)NCc1ccccc1. The summed E-state index contributed by atoms with van der Waals surface area (Å²) < 4.78 is 1.43. The molecule has 3 aromatic carbocycles. The molecule has 31 heavy (non-hydrogen) atoms. The van der Waals surface area contributed by atoms with Crippen LogP contribution in [0.25, 0.3) is 16.6 Å². The summed E-state index contributed by atoms with van der Waals surface area (Å²) >= 11 is 13.6. The van der Waals surface area contributed by atoms with Crippen molar-refractivity contribution in [2.75, 3.05) is 5.75 Å². The summed E-state index contributed by atoms with van der Waals surface area (Å²) in [5, 5.41) is 4.51. The molecule has 1 amide bonds. The second-order valence-corrected chi connectivity index (χ2v) is 8.48. The lowest BCUT2D eigenvalue weighted by Crippen LogP contribution is -2.26. The van der Waals surface area contributed by atoms with Crippen LogP contribution in [0.1, 0.15) is 5.56 Å². The number of fused-ring (bicyclic) bond motifs is 1. The fourth-order valence-corrected chi connectivity index (χ4v) is 4.39. The van der Waals surface area contributed by atoms with Crippen molar-refractivity contribution < 1.29 is 4.79 Å². The van der Waals surface area contributed by atoms with Crippen LogP contribution in [0.15, 0.2) is 82.7 Å². The van der Waals surface area contributed by atoms with Gasteiger partial charge in [-0.15, -0.1) is 0 Å². The third-order valence-electron chi connectivity index (χ3n) is 4.56. The minimum absolute atomic E-state index is 0.100. The van der Waals surface area contributed by atoms with Crippen molar-refractivity contribution in [3.8, 4) is 5.69 Å². The first-order valence-corrected chi connectivity index (χ1v) is 11.2. The number of halogens is 2. The molecule has 0 atom stereocenters. The molecule has 4 aromatic rings. The fourth-order valence-electron chi connectivity index (χ4n) is 3.06. The molecule has 5 nitrogen and oxygen atoms in total. The van der Waals surface area contributed by atoms with Crippen molar-refractivity contribution in [2.24, 2.45) is 0 Å². The summed E-state index contributed by atoms with van der Waals surface area (Å²) in [6, 6.07) is 21.6. The van der Waals surface area contributed by atoms with Gasteiger partial charge in [0, 0.05) is 11.6 Å². The van der Waals surface area contributed by atoms with E-state index in [9.17, 15) is 9.59 Å². The molecule has 1 N–H and O–H groups in total. The van der Waals surface area contributed by atoms with E-state index in [0.29, 0.717) is 38.3 Å². The largest absolute Gasteiger partial charge is 0.351 e. The summed E-state index contributed by atoms with van der Waals surface area (Å²) in [6.07, 6.45) is 0. The molecule has 156 valence electrons. The van der Waals surface area contributed by atoms with Gasteiger partial charge in [0.2, 0.25) is 5.91 Å². The van der Waals surface area contributed by atoms with Gasteiger partial charge in [-0.2, -0.15) is 0 Å². The molecule has 0 unspecified atom stereocenters. The van der Waals surface area contributed by atoms with Crippen LogP contribution >= 0.6 is 35.0 Å². The lowest BCUT2D eigenvalue weighted by atomic mass is 10.2. The first-order chi connectivity index (χ1) is 15.0. The van der Waals surface area contributed by atoms with Gasteiger partial charge in [0.05, 0.1) is 27.4 Å². The number of benzene rings is 3. The lowest BCUT2D eigenvalue weighted by molar-refractivity contribution is -0.118. The number of rotatable bonds is 6. The van der Waals surface area contributed by atoms with Crippen molar-refractivity contribution in [3.63, 3.8) is 0 Å². The van der Waals surface area contributed by atoms with Crippen LogP contribution in [0.2, 0.25) is 10.0 Å². The van der Waals surface area contributed by atoms with E-state index >= 15 is 0 Å². The van der Waals surface area contributed by atoms with E-state index in [4.69, 9.17) is 23.2 Å². The van der Waals surface area contributed by atoms with Crippen molar-refractivity contribution in [2.45, 2.75) is 11.7 Å². The Labute approximate surface area is 193 Å². The summed E-state index contributed by atoms with van der Waals surface area (Å²) in [5.74, 6) is -0.0620. The van der Waals surface area contributed by atoms with Gasteiger partial charge in [-0.3, -0.25) is 14.2 Å². The number of nitrogens with zero attached hydrogens (tertiary/aromatic N) is 2. The third kappa shape index (κ3) is 4.93. The minimum Gasteiger partial charge on any atom is -0.351 e. The molecule has 8 heteroatoms. The predicted molar refractivity (Wildman–Crippen MR) is 126 cm³/mol. The second-order valence-electron chi connectivity index (χ2n) is 6.70. The maximum atomic E-state index is 13.3. The molecule has 0 aliphatic carbocycles. The van der Waals surface area contributed by atoms with E-state index in [0.717, 1.165) is 5.56 Å². The smallest absolute Gasteiger partial charge is 0.266 e. The highest BCUT2D eigenvalue weighted by Crippen LogP contribution is 2.28. The van der Waals surface area contributed by atoms with Gasteiger partial charge >= 0.3 is 0 Å². The highest BCUT2D eigenvalue weighted by molar-refractivity contribution is 7.99. The molecule has 0 aliphatic rings. The Hall–Kier alpha value is -2.80. The molecule has 0 saturated heterocycles. The van der Waals surface area contributed by atoms with Crippen molar-refractivity contribution >= 4 is 51.8 Å². The summed E-state index contributed by atoms with van der Waals surface area (Å²) in [4.78, 5) is 30.3. The molecule has 1 aromatic heterocycles. The van der Waals surface area contributed by atoms with Crippen LogP contribution in [0.4, 0.5) is 0 Å². The number of aromatic nitrogens is 2. The van der Waals surface area contributed by atoms with Gasteiger partial charge in [-0.25, -0.2) is 4.98 Å². The molecule has 0 spiro atoms. The Morgan fingerprint density at radius 2 is 1.74 bits per heavy atom. The van der Waals surface area contributed by atoms with Crippen LogP contribution in [0.5, 0.6) is 0 Å². The normalized spacial score (nSPS) is 10.9. The molecular formula is C23H17Cl2N3O2S. The van der Waals surface area contributed by atoms with Crippen LogP contribution in [-0.4, -0.2) is 21.2 Å². The lowest BCUT2D eigenvalue weighted by Gasteiger charge is -2.14. The van der Waals surface area contributed by atoms with Gasteiger partial charge in [0.25, 0.3) is 5.56 Å². The summed E-state index contributed by atoms with van der Waals surface area (Å²) in [7, 11) is 0. The molecule has 0 radical (unpaired) electrons. The zero-order chi connectivity index (χ0) is 21.8. The van der Waals surface area contributed by atoms with Crippen LogP contribution in [0.3, 0.4) is 0 Å². The maximum Gasteiger partial charge on any atom is 0.266 e. The number of thioether (sulfide) groups is 1. The van der Waals surface area contributed by atoms with Gasteiger partial charge in [-0.1, -0.05) is 77.4 Å². The van der Waals surface area contributed by atoms with E-state index in [2.05, 4.69) is 10.3 Å². The molecular weight excluding hydrogens is 453 g/mol. The molecule has 1 heterocycles. The number of para-hydroxylation sites is 1. The minimum atomic E-state index is -0.262. The average molecular weight is 470 g/mol. The Morgan fingerprint density at radius 1 is 1.00 bits per heavy atom. The Bertz CT molecular complexity index is 1310. The molecule has 0 aliphatic heterocycles. The zero-order valence-electron chi connectivity index (χ0n) is 16.2. The Morgan fingerprint density at radius 3 is 2.52 bits per heavy atom. The number of nitrogens with one attached hydrogen (secondary N) is 1. The zero-order valence-corrected chi connectivity index (χ0v) is 18.5. The van der Waals surface area contributed by atoms with E-state index in [1.54, 1.807) is 36.4 Å². The quantitative estimate of drug-likeness (QED) is 0.315. The van der Waals surface area contributed by atoms with E-state index < -0.39 is 0 Å². The molecule has 0 fully saturated rings. The third-order valence-corrected chi connectivity index (χ3v) is 6.04. The molecule has 4 rings (SSSR count). The van der Waals surface area contributed by atoms with Crippen molar-refractivity contribution in [1.29, 1.82) is 0 Å². The van der Waals surface area contributed by atoms with Gasteiger partial charge in [0.15, 0.2) is 5.16 Å². The second kappa shape index (κ2) is 9.56. The Balaban J connectivity index is 1.64. The van der Waals surface area contributed by atoms with E-state index in [1.165, 1.54) is 16.3 Å². The van der Waals surface area contributed by atoms with Crippen LogP contribution in [-0.2, 0) is 11.3 Å². The standard InChI is InChI=1S/C23H17Cl2N3O2S/c24-16-10-11-20(18(25)12-16)28-22(30)17-8-4-5-9-19(17)27-23(28)31-14-21(29)26-13-15-6-2-1-3-7-15/h1-12H,13-14H2,(H,26,29). The predicted octanol–water partition coefficient (Wildman–Crippen LogP) is 5.10. The number of hydrogen-bond acceptors (Lipinski definition) is 4. The van der Waals surface area contributed by atoms with E-state index in [1.807, 2.05) is 36.4 Å². The first kappa shape index (κ1) is 21.4. The number of carbonyl (C=O) groups is 1. The van der Waals surface area contributed by atoms with Crippen molar-refractivity contribution in [3.05, 3.63) is 98.8 Å². The van der Waals surface area contributed by atoms with E-state index in [-0.39, 0.29) is 17.2 Å². The molecule has 0 saturated carbocycles. The number of hydrogen-bond donors (Lipinski definition) is 1. The highest BCUT2D eigenvalue weighted by Gasteiger charge is 2.17. The maximum absolute atomic E-state index is 13.3. The Kier molecular flexibility index (Phi) is 6.61. The summed E-state index contributed by atoms with van der Waals surface area (Å²) in [5.41, 5.74) is 1.76. The van der Waals surface area contributed by atoms with Gasteiger partial charge in [-0.05, 0) is 35.9 Å². The highest BCUT2D eigenvalue weighted by atomic mass is 35.5. The van der Waals surface area contributed by atoms with Crippen LogP contribution in [0, 0.1) is 0 Å². The van der Waals surface area contributed by atoms with Crippen molar-refractivity contribution in [1.82, 2.24) is 14.9 Å².